The van der Waals surface area contributed by atoms with Gasteiger partial charge in [-0.2, -0.15) is 0 Å². The maximum absolute atomic E-state index is 12.8. The van der Waals surface area contributed by atoms with E-state index >= 15 is 0 Å². The first-order valence-electron chi connectivity index (χ1n) is 9.87. The van der Waals surface area contributed by atoms with Crippen LogP contribution in [0.4, 0.5) is 16.2 Å². The molecule has 2 heterocycles. The van der Waals surface area contributed by atoms with Crippen molar-refractivity contribution < 1.29 is 4.79 Å². The number of hydrogen-bond acceptors (Lipinski definition) is 3. The minimum Gasteiger partial charge on any atom is -0.368 e. The Hall–Kier alpha value is -3.08. The lowest BCUT2D eigenvalue weighted by Gasteiger charge is -2.37. The Bertz CT molecular complexity index is 972. The SMILES string of the molecule is CC(C)c1ccccc1N1CCN(C(=O)Nc2cccc3cccnc23)CC1. The van der Waals surface area contributed by atoms with E-state index in [0.717, 1.165) is 29.7 Å². The third kappa shape index (κ3) is 3.65. The van der Waals surface area contributed by atoms with E-state index in [2.05, 4.69) is 53.3 Å². The molecule has 0 unspecified atom stereocenters. The van der Waals surface area contributed by atoms with Gasteiger partial charge >= 0.3 is 6.03 Å². The van der Waals surface area contributed by atoms with Gasteiger partial charge < -0.3 is 15.1 Å². The number of piperazine rings is 1. The fourth-order valence-corrected chi connectivity index (χ4v) is 3.81. The van der Waals surface area contributed by atoms with Crippen molar-refractivity contribution in [1.29, 1.82) is 0 Å². The molecule has 2 amide bonds. The van der Waals surface area contributed by atoms with Crippen molar-refractivity contribution in [2.75, 3.05) is 36.4 Å². The van der Waals surface area contributed by atoms with Gasteiger partial charge in [0.15, 0.2) is 0 Å². The fraction of sp³-hybridized carbons (Fsp3) is 0.304. The second kappa shape index (κ2) is 7.89. The Morgan fingerprint density at radius 2 is 1.71 bits per heavy atom. The van der Waals surface area contributed by atoms with Crippen molar-refractivity contribution in [2.45, 2.75) is 19.8 Å². The Kier molecular flexibility index (Phi) is 5.15. The van der Waals surface area contributed by atoms with E-state index in [1.54, 1.807) is 6.20 Å². The van der Waals surface area contributed by atoms with Gasteiger partial charge in [0.05, 0.1) is 11.2 Å². The minimum absolute atomic E-state index is 0.0602. The molecule has 1 N–H and O–H groups in total. The number of benzene rings is 2. The Labute approximate surface area is 166 Å². The van der Waals surface area contributed by atoms with Gasteiger partial charge in [-0.25, -0.2) is 4.79 Å². The quantitative estimate of drug-likeness (QED) is 0.722. The van der Waals surface area contributed by atoms with Gasteiger partial charge in [0.1, 0.15) is 0 Å². The second-order valence-corrected chi connectivity index (χ2v) is 7.50. The number of para-hydroxylation sites is 2. The molecule has 1 aromatic heterocycles. The summed E-state index contributed by atoms with van der Waals surface area (Å²) in [6.45, 7) is 7.53. The van der Waals surface area contributed by atoms with Crippen LogP contribution in [0.15, 0.2) is 60.8 Å². The lowest BCUT2D eigenvalue weighted by Crippen LogP contribution is -2.50. The molecule has 0 spiro atoms. The van der Waals surface area contributed by atoms with Crippen LogP contribution in [0.5, 0.6) is 0 Å². The summed E-state index contributed by atoms with van der Waals surface area (Å²) < 4.78 is 0. The highest BCUT2D eigenvalue weighted by Crippen LogP contribution is 2.28. The second-order valence-electron chi connectivity index (χ2n) is 7.50. The predicted molar refractivity (Wildman–Crippen MR) is 115 cm³/mol. The van der Waals surface area contributed by atoms with E-state index in [1.165, 1.54) is 11.3 Å². The fourth-order valence-electron chi connectivity index (χ4n) is 3.81. The molecule has 0 aliphatic carbocycles. The smallest absolute Gasteiger partial charge is 0.322 e. The first kappa shape index (κ1) is 18.3. The number of carbonyl (C=O) groups excluding carboxylic acids is 1. The maximum Gasteiger partial charge on any atom is 0.322 e. The summed E-state index contributed by atoms with van der Waals surface area (Å²) in [5.74, 6) is 0.483. The van der Waals surface area contributed by atoms with Gasteiger partial charge in [-0.3, -0.25) is 4.98 Å². The summed E-state index contributed by atoms with van der Waals surface area (Å²) in [4.78, 5) is 21.5. The molecule has 144 valence electrons. The van der Waals surface area contributed by atoms with Gasteiger partial charge in [-0.1, -0.05) is 50.2 Å². The van der Waals surface area contributed by atoms with Crippen LogP contribution in [0.3, 0.4) is 0 Å². The molecule has 0 atom stereocenters. The number of hydrogen-bond donors (Lipinski definition) is 1. The van der Waals surface area contributed by atoms with Crippen molar-refractivity contribution in [3.63, 3.8) is 0 Å². The zero-order chi connectivity index (χ0) is 19.5. The van der Waals surface area contributed by atoms with Crippen LogP contribution in [-0.4, -0.2) is 42.1 Å². The number of nitrogens with zero attached hydrogens (tertiary/aromatic N) is 3. The van der Waals surface area contributed by atoms with E-state index in [1.807, 2.05) is 35.2 Å². The lowest BCUT2D eigenvalue weighted by molar-refractivity contribution is 0.208. The van der Waals surface area contributed by atoms with Crippen LogP contribution in [0.2, 0.25) is 0 Å². The molecular weight excluding hydrogens is 348 g/mol. The molecule has 5 nitrogen and oxygen atoms in total. The summed E-state index contributed by atoms with van der Waals surface area (Å²) in [5.41, 5.74) is 4.23. The monoisotopic (exact) mass is 374 g/mol. The largest absolute Gasteiger partial charge is 0.368 e. The molecule has 4 rings (SSSR count). The first-order chi connectivity index (χ1) is 13.6. The van der Waals surface area contributed by atoms with Gasteiger partial charge in [0.25, 0.3) is 0 Å². The topological polar surface area (TPSA) is 48.5 Å². The van der Waals surface area contributed by atoms with Crippen molar-refractivity contribution in [2.24, 2.45) is 0 Å². The summed E-state index contributed by atoms with van der Waals surface area (Å²) in [6, 6.07) is 18.3. The molecule has 5 heteroatoms. The molecular formula is C23H26N4O. The van der Waals surface area contributed by atoms with Gasteiger partial charge in [-0.15, -0.1) is 0 Å². The van der Waals surface area contributed by atoms with Crippen LogP contribution in [0.1, 0.15) is 25.3 Å². The third-order valence-corrected chi connectivity index (χ3v) is 5.34. The summed E-state index contributed by atoms with van der Waals surface area (Å²) in [7, 11) is 0. The Morgan fingerprint density at radius 3 is 2.50 bits per heavy atom. The molecule has 1 aliphatic rings. The molecule has 0 saturated carbocycles. The third-order valence-electron chi connectivity index (χ3n) is 5.34. The number of rotatable bonds is 3. The standard InChI is InChI=1S/C23H26N4O/c1-17(2)19-9-3-4-11-21(19)26-13-15-27(16-14-26)23(28)25-20-10-5-7-18-8-6-12-24-22(18)20/h3-12,17H,13-16H2,1-2H3,(H,25,28). The van der Waals surface area contributed by atoms with E-state index in [4.69, 9.17) is 0 Å². The normalized spacial score (nSPS) is 14.5. The molecule has 3 aromatic rings. The van der Waals surface area contributed by atoms with Crippen molar-refractivity contribution in [1.82, 2.24) is 9.88 Å². The predicted octanol–water partition coefficient (Wildman–Crippen LogP) is 4.71. The molecule has 2 aromatic carbocycles. The number of nitrogens with one attached hydrogen (secondary N) is 1. The van der Waals surface area contributed by atoms with Crippen LogP contribution in [0, 0.1) is 0 Å². The molecule has 1 aliphatic heterocycles. The summed E-state index contributed by atoms with van der Waals surface area (Å²) >= 11 is 0. The lowest BCUT2D eigenvalue weighted by atomic mass is 10.00. The van der Waals surface area contributed by atoms with E-state index in [9.17, 15) is 4.79 Å². The number of pyridine rings is 1. The minimum atomic E-state index is -0.0602. The van der Waals surface area contributed by atoms with Crippen LogP contribution >= 0.6 is 0 Å². The van der Waals surface area contributed by atoms with Crippen molar-refractivity contribution in [3.05, 3.63) is 66.4 Å². The zero-order valence-corrected chi connectivity index (χ0v) is 16.4. The van der Waals surface area contributed by atoms with E-state index in [0.29, 0.717) is 19.0 Å². The van der Waals surface area contributed by atoms with Crippen molar-refractivity contribution in [3.8, 4) is 0 Å². The highest BCUT2D eigenvalue weighted by atomic mass is 16.2. The number of carbonyl (C=O) groups is 1. The summed E-state index contributed by atoms with van der Waals surface area (Å²) in [5, 5.41) is 4.07. The average molecular weight is 374 g/mol. The van der Waals surface area contributed by atoms with Gasteiger partial charge in [-0.05, 0) is 29.7 Å². The average Bonchev–Trinajstić information content (AvgIpc) is 2.74. The Morgan fingerprint density at radius 1 is 0.964 bits per heavy atom. The number of fused-ring (bicyclic) bond motifs is 1. The maximum atomic E-state index is 12.8. The highest BCUT2D eigenvalue weighted by Gasteiger charge is 2.23. The highest BCUT2D eigenvalue weighted by molar-refractivity contribution is 5.99. The Balaban J connectivity index is 1.43. The number of amides is 2. The molecule has 0 bridgehead atoms. The van der Waals surface area contributed by atoms with E-state index in [-0.39, 0.29) is 6.03 Å². The van der Waals surface area contributed by atoms with Crippen molar-refractivity contribution >= 4 is 28.3 Å². The molecule has 1 saturated heterocycles. The first-order valence-corrected chi connectivity index (χ1v) is 9.87. The van der Waals surface area contributed by atoms with Crippen LogP contribution in [0.25, 0.3) is 10.9 Å². The van der Waals surface area contributed by atoms with Gasteiger partial charge in [0, 0.05) is 43.4 Å². The number of anilines is 2. The molecule has 28 heavy (non-hydrogen) atoms. The zero-order valence-electron chi connectivity index (χ0n) is 16.4. The van der Waals surface area contributed by atoms with Crippen LogP contribution < -0.4 is 10.2 Å². The molecule has 0 radical (unpaired) electrons. The number of urea groups is 1. The summed E-state index contributed by atoms with van der Waals surface area (Å²) in [6.07, 6.45) is 1.75. The van der Waals surface area contributed by atoms with E-state index < -0.39 is 0 Å². The number of aromatic nitrogens is 1. The van der Waals surface area contributed by atoms with Crippen LogP contribution in [-0.2, 0) is 0 Å². The van der Waals surface area contributed by atoms with Gasteiger partial charge in [0.2, 0.25) is 0 Å². The molecule has 1 fully saturated rings.